The molecule has 0 heterocycles. The van der Waals surface area contributed by atoms with Crippen molar-refractivity contribution < 1.29 is 24.2 Å². The van der Waals surface area contributed by atoms with Crippen molar-refractivity contribution >= 4 is 11.9 Å². The van der Waals surface area contributed by atoms with Crippen LogP contribution in [0.15, 0.2) is 188 Å². The van der Waals surface area contributed by atoms with E-state index in [-0.39, 0.29) is 19.3 Å². The number of fused-ring (bicyclic) bond motifs is 6. The van der Waals surface area contributed by atoms with Crippen molar-refractivity contribution in [3.63, 3.8) is 0 Å². The minimum Gasteiger partial charge on any atom is -0.459 e. The molecule has 4 atom stereocenters. The fraction of sp³-hybridized carbons (Fsp3) is 0.290. The Morgan fingerprint density at radius 1 is 0.464 bits per heavy atom. The molecule has 0 saturated carbocycles. The third kappa shape index (κ3) is 9.56. The van der Waals surface area contributed by atoms with Crippen molar-refractivity contribution in [1.29, 1.82) is 0 Å². The van der Waals surface area contributed by atoms with E-state index in [4.69, 9.17) is 9.47 Å². The molecule has 0 spiro atoms. The van der Waals surface area contributed by atoms with E-state index in [1.807, 2.05) is 120 Å². The molecule has 0 fully saturated rings. The smallest absolute Gasteiger partial charge is 0.323 e. The second-order valence-electron chi connectivity index (χ2n) is 20.7. The van der Waals surface area contributed by atoms with Gasteiger partial charge >= 0.3 is 11.9 Å². The molecule has 9 rings (SSSR count). The zero-order chi connectivity index (χ0) is 48.4. The highest BCUT2D eigenvalue weighted by Gasteiger charge is 2.49. The Labute approximate surface area is 408 Å². The maximum absolute atomic E-state index is 15.0. The lowest BCUT2D eigenvalue weighted by molar-refractivity contribution is -0.159. The fourth-order valence-corrected chi connectivity index (χ4v) is 10.8. The van der Waals surface area contributed by atoms with Gasteiger partial charge in [0.1, 0.15) is 23.3 Å². The van der Waals surface area contributed by atoms with Crippen molar-refractivity contribution in [2.24, 2.45) is 5.92 Å². The molecule has 0 amide bonds. The highest BCUT2D eigenvalue weighted by atomic mass is 16.6. The van der Waals surface area contributed by atoms with E-state index < -0.39 is 58.3 Å². The number of hydrogen-bond acceptors (Lipinski definition) is 7. The highest BCUT2D eigenvalue weighted by molar-refractivity contribution is 5.86. The summed E-state index contributed by atoms with van der Waals surface area (Å²) in [6.07, 6.45) is 0.255. The predicted octanol–water partition coefficient (Wildman–Crippen LogP) is 11.9. The summed E-state index contributed by atoms with van der Waals surface area (Å²) in [5.74, 6) is -1.25. The SMILES string of the molecule is CC(C)(C)OC(=O)[C@H](CC[C@H](O)[C@@H](Cc1ccccc1)C[C@H](NC1(c2ccccc2)c2ccccc2-c2ccccc21)C(=O)OC(C)(C)C)NC1(c2ccccc2)c2ccccc2-c2ccccc21. The summed E-state index contributed by atoms with van der Waals surface area (Å²) >= 11 is 0. The summed E-state index contributed by atoms with van der Waals surface area (Å²) in [6.45, 7) is 11.3. The first-order chi connectivity index (χ1) is 33.2. The number of aliphatic hydroxyl groups is 1. The van der Waals surface area contributed by atoms with Gasteiger partial charge in [0.25, 0.3) is 0 Å². The lowest BCUT2D eigenvalue weighted by Gasteiger charge is -2.39. The molecule has 2 aliphatic carbocycles. The molecular formula is C62H64N2O5. The van der Waals surface area contributed by atoms with Crippen LogP contribution in [0.5, 0.6) is 0 Å². The van der Waals surface area contributed by atoms with Crippen LogP contribution >= 0.6 is 0 Å². The van der Waals surface area contributed by atoms with Gasteiger partial charge < -0.3 is 14.6 Å². The molecule has 0 saturated heterocycles. The first kappa shape index (κ1) is 47.4. The van der Waals surface area contributed by atoms with Crippen LogP contribution in [0.4, 0.5) is 0 Å². The van der Waals surface area contributed by atoms with Gasteiger partial charge in [-0.1, -0.05) is 188 Å². The summed E-state index contributed by atoms with van der Waals surface area (Å²) < 4.78 is 12.5. The summed E-state index contributed by atoms with van der Waals surface area (Å²) in [5.41, 5.74) is 8.17. The average Bonchev–Trinajstić information content (AvgIpc) is 3.80. The third-order valence-corrected chi connectivity index (χ3v) is 13.7. The van der Waals surface area contributed by atoms with Crippen LogP contribution < -0.4 is 10.6 Å². The minimum absolute atomic E-state index is 0.235. The van der Waals surface area contributed by atoms with Gasteiger partial charge in [0.15, 0.2) is 0 Å². The molecule has 0 aliphatic heterocycles. The van der Waals surface area contributed by atoms with Gasteiger partial charge in [-0.3, -0.25) is 20.2 Å². The first-order valence-electron chi connectivity index (χ1n) is 24.4. The van der Waals surface area contributed by atoms with Crippen molar-refractivity contribution in [1.82, 2.24) is 10.6 Å². The summed E-state index contributed by atoms with van der Waals surface area (Å²) in [7, 11) is 0. The largest absolute Gasteiger partial charge is 0.459 e. The van der Waals surface area contributed by atoms with Crippen molar-refractivity contribution in [3.05, 3.63) is 227 Å². The molecule has 7 aromatic carbocycles. The van der Waals surface area contributed by atoms with Gasteiger partial charge in [-0.05, 0) is 134 Å². The topological polar surface area (TPSA) is 96.9 Å². The Balaban J connectivity index is 1.11. The van der Waals surface area contributed by atoms with Gasteiger partial charge in [0.05, 0.1) is 17.2 Å². The van der Waals surface area contributed by atoms with Crippen LogP contribution in [-0.2, 0) is 36.6 Å². The summed E-state index contributed by atoms with van der Waals surface area (Å²) in [6, 6.07) is 62.5. The average molecular weight is 917 g/mol. The number of hydrogen-bond donors (Lipinski definition) is 3. The lowest BCUT2D eigenvalue weighted by atomic mass is 9.78. The number of esters is 2. The number of rotatable bonds is 16. The van der Waals surface area contributed by atoms with Crippen LogP contribution in [0.3, 0.4) is 0 Å². The van der Waals surface area contributed by atoms with Crippen LogP contribution in [0.25, 0.3) is 22.3 Å². The molecule has 7 aromatic rings. The van der Waals surface area contributed by atoms with Gasteiger partial charge in [0.2, 0.25) is 0 Å². The maximum Gasteiger partial charge on any atom is 0.323 e. The maximum atomic E-state index is 15.0. The molecule has 69 heavy (non-hydrogen) atoms. The van der Waals surface area contributed by atoms with Crippen LogP contribution in [-0.4, -0.2) is 46.4 Å². The highest BCUT2D eigenvalue weighted by Crippen LogP contribution is 2.53. The van der Waals surface area contributed by atoms with Crippen LogP contribution in [0, 0.1) is 5.92 Å². The van der Waals surface area contributed by atoms with E-state index >= 15 is 0 Å². The standard InChI is InChI=1S/C62H64N2O5/c1-59(2,3)68-57(66)54(63-61(44-26-12-8-13-27-44)50-34-20-16-30-46(50)47-31-17-21-35-51(47)61)38-39-56(65)43(40-42-24-10-7-11-25-42)41-55(58(67)69-60(4,5)6)64-62(45-28-14-9-15-29-45)52-36-22-18-32-48(52)49-33-19-23-37-53(49)62/h7-37,43,54-56,63-65H,38-41H2,1-6H3/t43-,54-,55-,56-/m0/s1. The lowest BCUT2D eigenvalue weighted by Crippen LogP contribution is -2.54. The zero-order valence-corrected chi connectivity index (χ0v) is 40.6. The molecule has 0 bridgehead atoms. The number of carbonyl (C=O) groups excluding carboxylic acids is 2. The van der Waals surface area contributed by atoms with Crippen molar-refractivity contribution in [3.8, 4) is 22.3 Å². The quantitative estimate of drug-likeness (QED) is 0.0831. The first-order valence-corrected chi connectivity index (χ1v) is 24.4. The molecule has 0 aromatic heterocycles. The Kier molecular flexibility index (Phi) is 13.3. The molecule has 352 valence electrons. The molecular weight excluding hydrogens is 853 g/mol. The molecule has 7 nitrogen and oxygen atoms in total. The van der Waals surface area contributed by atoms with Gasteiger partial charge in [-0.2, -0.15) is 0 Å². The molecule has 3 N–H and O–H groups in total. The van der Waals surface area contributed by atoms with Crippen LogP contribution in [0.1, 0.15) is 99.7 Å². The molecule has 2 aliphatic rings. The second kappa shape index (κ2) is 19.4. The van der Waals surface area contributed by atoms with E-state index in [2.05, 4.69) is 120 Å². The number of nitrogens with one attached hydrogen (secondary N) is 2. The van der Waals surface area contributed by atoms with Gasteiger partial charge in [-0.15, -0.1) is 0 Å². The summed E-state index contributed by atoms with van der Waals surface area (Å²) in [4.78, 5) is 29.7. The van der Waals surface area contributed by atoms with Crippen LogP contribution in [0.2, 0.25) is 0 Å². The van der Waals surface area contributed by atoms with E-state index in [1.165, 1.54) is 0 Å². The minimum atomic E-state index is -0.949. The van der Waals surface area contributed by atoms with Gasteiger partial charge in [0, 0.05) is 0 Å². The van der Waals surface area contributed by atoms with E-state index in [9.17, 15) is 14.7 Å². The Morgan fingerprint density at radius 3 is 1.19 bits per heavy atom. The molecule has 0 radical (unpaired) electrons. The van der Waals surface area contributed by atoms with E-state index in [0.29, 0.717) is 6.42 Å². The zero-order valence-electron chi connectivity index (χ0n) is 40.6. The number of carbonyl (C=O) groups is 2. The Morgan fingerprint density at radius 2 is 0.797 bits per heavy atom. The number of aliphatic hydroxyl groups excluding tert-OH is 1. The predicted molar refractivity (Wildman–Crippen MR) is 275 cm³/mol. The van der Waals surface area contributed by atoms with Crippen molar-refractivity contribution in [2.45, 2.75) is 108 Å². The Bertz CT molecular complexity index is 2810. The number of ether oxygens (including phenoxy) is 2. The Hall–Kier alpha value is -6.64. The van der Waals surface area contributed by atoms with Crippen molar-refractivity contribution in [2.75, 3.05) is 0 Å². The monoisotopic (exact) mass is 916 g/mol. The molecule has 7 heteroatoms. The third-order valence-electron chi connectivity index (χ3n) is 13.7. The van der Waals surface area contributed by atoms with E-state index in [0.717, 1.165) is 61.2 Å². The molecule has 0 unspecified atom stereocenters. The fourth-order valence-electron chi connectivity index (χ4n) is 10.8. The number of benzene rings is 7. The normalized spacial score (nSPS) is 15.9. The summed E-state index contributed by atoms with van der Waals surface area (Å²) in [5, 5.41) is 20.8. The second-order valence-corrected chi connectivity index (χ2v) is 20.7. The van der Waals surface area contributed by atoms with Gasteiger partial charge in [-0.25, -0.2) is 0 Å². The van der Waals surface area contributed by atoms with E-state index in [1.54, 1.807) is 0 Å².